The van der Waals surface area contributed by atoms with E-state index in [0.717, 1.165) is 0 Å². The van der Waals surface area contributed by atoms with Gasteiger partial charge in [-0.1, -0.05) is 6.58 Å². The molecule has 0 aromatic carbocycles. The standard InChI is InChI=1S/C4H9NO3S/c1-2-8-4-3-5-9(6)7/h2,5H,1,3-4H2,(H,6,7)/p-1. The van der Waals surface area contributed by atoms with Gasteiger partial charge in [-0.25, -0.2) is 4.72 Å². The first kappa shape index (κ1) is 8.61. The molecule has 0 aliphatic heterocycles. The van der Waals surface area contributed by atoms with Gasteiger partial charge in [-0.2, -0.15) is 0 Å². The van der Waals surface area contributed by atoms with Crippen LogP contribution in [0.3, 0.4) is 0 Å². The van der Waals surface area contributed by atoms with Gasteiger partial charge in [-0.3, -0.25) is 4.21 Å². The maximum atomic E-state index is 9.77. The highest BCUT2D eigenvalue weighted by atomic mass is 32.2. The predicted molar refractivity (Wildman–Crippen MR) is 33.1 cm³/mol. The topological polar surface area (TPSA) is 61.4 Å². The minimum atomic E-state index is -2.18. The molecular formula is C4H8NO3S-. The Kier molecular flexibility index (Phi) is 5.49. The van der Waals surface area contributed by atoms with Crippen LogP contribution >= 0.6 is 0 Å². The van der Waals surface area contributed by atoms with Gasteiger partial charge in [-0.15, -0.1) is 0 Å². The van der Waals surface area contributed by atoms with E-state index >= 15 is 0 Å². The molecule has 0 amide bonds. The molecule has 0 bridgehead atoms. The molecule has 0 saturated heterocycles. The molecule has 54 valence electrons. The third kappa shape index (κ3) is 7.61. The van der Waals surface area contributed by atoms with Crippen LogP contribution in [0.15, 0.2) is 12.8 Å². The van der Waals surface area contributed by atoms with E-state index in [-0.39, 0.29) is 6.54 Å². The molecule has 9 heavy (non-hydrogen) atoms. The quantitative estimate of drug-likeness (QED) is 0.327. The van der Waals surface area contributed by atoms with Gasteiger partial charge in [0, 0.05) is 17.8 Å². The largest absolute Gasteiger partial charge is 0.760 e. The summed E-state index contributed by atoms with van der Waals surface area (Å²) in [6.07, 6.45) is 1.26. The van der Waals surface area contributed by atoms with Crippen molar-refractivity contribution in [3.05, 3.63) is 12.8 Å². The third-order valence-corrected chi connectivity index (χ3v) is 0.998. The normalized spacial score (nSPS) is 12.6. The van der Waals surface area contributed by atoms with Crippen molar-refractivity contribution in [3.8, 4) is 0 Å². The van der Waals surface area contributed by atoms with Crippen molar-refractivity contribution in [1.82, 2.24) is 4.72 Å². The Morgan fingerprint density at radius 1 is 1.89 bits per heavy atom. The molecule has 1 N–H and O–H groups in total. The van der Waals surface area contributed by atoms with Crippen LogP contribution in [0.4, 0.5) is 0 Å². The maximum Gasteiger partial charge on any atom is 0.101 e. The second-order valence-corrected chi connectivity index (χ2v) is 1.92. The van der Waals surface area contributed by atoms with Crippen molar-refractivity contribution >= 4 is 11.3 Å². The van der Waals surface area contributed by atoms with Crippen LogP contribution in [0.25, 0.3) is 0 Å². The number of hydrogen-bond donors (Lipinski definition) is 1. The van der Waals surface area contributed by atoms with E-state index in [2.05, 4.69) is 16.0 Å². The van der Waals surface area contributed by atoms with E-state index < -0.39 is 11.3 Å². The van der Waals surface area contributed by atoms with Crippen LogP contribution in [0.5, 0.6) is 0 Å². The van der Waals surface area contributed by atoms with Crippen LogP contribution in [0, 0.1) is 0 Å². The molecule has 0 fully saturated rings. The lowest BCUT2D eigenvalue weighted by Gasteiger charge is -2.05. The molecule has 0 spiro atoms. The zero-order valence-corrected chi connectivity index (χ0v) is 5.65. The number of ether oxygens (including phenoxy) is 1. The predicted octanol–water partition coefficient (Wildman–Crippen LogP) is -0.470. The summed E-state index contributed by atoms with van der Waals surface area (Å²) in [7, 11) is 0. The Bertz CT molecular complexity index is 106. The van der Waals surface area contributed by atoms with E-state index in [1.54, 1.807) is 0 Å². The Balaban J connectivity index is 2.91. The molecular weight excluding hydrogens is 142 g/mol. The second kappa shape index (κ2) is 5.74. The summed E-state index contributed by atoms with van der Waals surface area (Å²) >= 11 is -2.18. The average Bonchev–Trinajstić information content (AvgIpc) is 1.80. The summed E-state index contributed by atoms with van der Waals surface area (Å²) in [5, 5.41) is 0. The Hall–Kier alpha value is -0.390. The van der Waals surface area contributed by atoms with Gasteiger partial charge < -0.3 is 9.29 Å². The molecule has 5 heteroatoms. The maximum absolute atomic E-state index is 9.77. The molecule has 0 aromatic heterocycles. The fourth-order valence-electron chi connectivity index (χ4n) is 0.267. The van der Waals surface area contributed by atoms with Crippen LogP contribution in [-0.4, -0.2) is 21.9 Å². The molecule has 0 saturated carbocycles. The fraction of sp³-hybridized carbons (Fsp3) is 0.500. The minimum Gasteiger partial charge on any atom is -0.760 e. The monoisotopic (exact) mass is 150 g/mol. The highest BCUT2D eigenvalue weighted by Gasteiger charge is 1.81. The molecule has 0 heterocycles. The third-order valence-electron chi connectivity index (χ3n) is 0.558. The number of hydrogen-bond acceptors (Lipinski definition) is 3. The van der Waals surface area contributed by atoms with Gasteiger partial charge in [-0.05, 0) is 0 Å². The molecule has 1 unspecified atom stereocenters. The first-order chi connectivity index (χ1) is 4.27. The van der Waals surface area contributed by atoms with Gasteiger partial charge in [0.15, 0.2) is 0 Å². The molecule has 0 rings (SSSR count). The van der Waals surface area contributed by atoms with E-state index in [4.69, 9.17) is 0 Å². The van der Waals surface area contributed by atoms with Gasteiger partial charge in [0.25, 0.3) is 0 Å². The van der Waals surface area contributed by atoms with E-state index in [9.17, 15) is 8.76 Å². The lowest BCUT2D eigenvalue weighted by Crippen LogP contribution is -2.20. The Labute approximate surface area is 56.3 Å². The van der Waals surface area contributed by atoms with Crippen LogP contribution < -0.4 is 4.72 Å². The van der Waals surface area contributed by atoms with Crippen molar-refractivity contribution in [2.75, 3.05) is 13.2 Å². The summed E-state index contributed by atoms with van der Waals surface area (Å²) in [4.78, 5) is 0. The zero-order chi connectivity index (χ0) is 7.11. The van der Waals surface area contributed by atoms with Gasteiger partial charge in [0.2, 0.25) is 0 Å². The van der Waals surface area contributed by atoms with E-state index in [1.807, 2.05) is 0 Å². The molecule has 0 aliphatic carbocycles. The van der Waals surface area contributed by atoms with Gasteiger partial charge in [0.1, 0.15) is 6.61 Å². The fourth-order valence-corrected chi connectivity index (χ4v) is 0.517. The van der Waals surface area contributed by atoms with Crippen LogP contribution in [0.2, 0.25) is 0 Å². The Morgan fingerprint density at radius 2 is 2.56 bits per heavy atom. The van der Waals surface area contributed by atoms with Crippen molar-refractivity contribution in [3.63, 3.8) is 0 Å². The van der Waals surface area contributed by atoms with Crippen LogP contribution in [0.1, 0.15) is 0 Å². The van der Waals surface area contributed by atoms with Crippen molar-refractivity contribution in [1.29, 1.82) is 0 Å². The Morgan fingerprint density at radius 3 is 3.00 bits per heavy atom. The molecule has 0 aromatic rings. The summed E-state index contributed by atoms with van der Waals surface area (Å²) in [5.41, 5.74) is 0. The van der Waals surface area contributed by atoms with Crippen molar-refractivity contribution in [2.45, 2.75) is 0 Å². The summed E-state index contributed by atoms with van der Waals surface area (Å²) in [6.45, 7) is 3.87. The number of rotatable bonds is 5. The smallest absolute Gasteiger partial charge is 0.101 e. The second-order valence-electron chi connectivity index (χ2n) is 1.17. The first-order valence-electron chi connectivity index (χ1n) is 2.32. The van der Waals surface area contributed by atoms with E-state index in [1.165, 1.54) is 6.26 Å². The van der Waals surface area contributed by atoms with Gasteiger partial charge in [0.05, 0.1) is 6.26 Å². The summed E-state index contributed by atoms with van der Waals surface area (Å²) in [6, 6.07) is 0. The average molecular weight is 150 g/mol. The lowest BCUT2D eigenvalue weighted by molar-refractivity contribution is 0.256. The first-order valence-corrected chi connectivity index (χ1v) is 3.40. The summed E-state index contributed by atoms with van der Waals surface area (Å²) in [5.74, 6) is 0. The lowest BCUT2D eigenvalue weighted by atomic mass is 10.7. The van der Waals surface area contributed by atoms with E-state index in [0.29, 0.717) is 6.61 Å². The molecule has 0 radical (unpaired) electrons. The summed E-state index contributed by atoms with van der Waals surface area (Å²) < 4.78 is 26.3. The molecule has 4 nitrogen and oxygen atoms in total. The minimum absolute atomic E-state index is 0.280. The van der Waals surface area contributed by atoms with Crippen molar-refractivity contribution in [2.24, 2.45) is 0 Å². The van der Waals surface area contributed by atoms with Crippen molar-refractivity contribution < 1.29 is 13.5 Å². The van der Waals surface area contributed by atoms with Crippen LogP contribution in [-0.2, 0) is 16.0 Å². The molecule has 0 aliphatic rings. The van der Waals surface area contributed by atoms with Gasteiger partial charge >= 0.3 is 0 Å². The number of nitrogens with one attached hydrogen (secondary N) is 1. The highest BCUT2D eigenvalue weighted by Crippen LogP contribution is 1.70. The SMILES string of the molecule is C=COCCNS(=O)[O-]. The molecule has 1 atom stereocenters. The highest BCUT2D eigenvalue weighted by molar-refractivity contribution is 7.77. The zero-order valence-electron chi connectivity index (χ0n) is 4.83.